The van der Waals surface area contributed by atoms with Crippen molar-refractivity contribution >= 4 is 11.8 Å². The average Bonchev–Trinajstić information content (AvgIpc) is 2.65. The standard InChI is InChI=1S/C11H23NOS/c1-3-12-9-11(5-4-8-14-2)6-7-13-10-11/h12H,3-10H2,1-2H3. The van der Waals surface area contributed by atoms with Gasteiger partial charge in [-0.25, -0.2) is 0 Å². The van der Waals surface area contributed by atoms with E-state index < -0.39 is 0 Å². The van der Waals surface area contributed by atoms with Crippen molar-refractivity contribution in [3.63, 3.8) is 0 Å². The van der Waals surface area contributed by atoms with Crippen LogP contribution < -0.4 is 5.32 Å². The topological polar surface area (TPSA) is 21.3 Å². The van der Waals surface area contributed by atoms with Crippen LogP contribution in [0.15, 0.2) is 0 Å². The average molecular weight is 217 g/mol. The van der Waals surface area contributed by atoms with Crippen molar-refractivity contribution in [2.45, 2.75) is 26.2 Å². The van der Waals surface area contributed by atoms with Crippen LogP contribution in [-0.2, 0) is 4.74 Å². The maximum Gasteiger partial charge on any atom is 0.0535 e. The zero-order valence-electron chi connectivity index (χ0n) is 9.47. The minimum Gasteiger partial charge on any atom is -0.381 e. The number of thioether (sulfide) groups is 1. The lowest BCUT2D eigenvalue weighted by Gasteiger charge is -2.27. The van der Waals surface area contributed by atoms with Crippen molar-refractivity contribution in [1.29, 1.82) is 0 Å². The molecule has 0 aromatic carbocycles. The lowest BCUT2D eigenvalue weighted by Crippen LogP contribution is -2.35. The minimum atomic E-state index is 0.450. The van der Waals surface area contributed by atoms with E-state index in [1.54, 1.807) is 0 Å². The first-order chi connectivity index (χ1) is 6.83. The second-order valence-electron chi connectivity index (χ2n) is 4.18. The van der Waals surface area contributed by atoms with Gasteiger partial charge in [0, 0.05) is 18.6 Å². The maximum atomic E-state index is 5.54. The van der Waals surface area contributed by atoms with Gasteiger partial charge in [-0.15, -0.1) is 0 Å². The Labute approximate surface area is 92.2 Å². The third-order valence-electron chi connectivity index (χ3n) is 2.99. The minimum absolute atomic E-state index is 0.450. The van der Waals surface area contributed by atoms with Crippen LogP contribution in [0.5, 0.6) is 0 Å². The van der Waals surface area contributed by atoms with Gasteiger partial charge in [0.05, 0.1) is 6.61 Å². The van der Waals surface area contributed by atoms with Gasteiger partial charge in [0.1, 0.15) is 0 Å². The highest BCUT2D eigenvalue weighted by Crippen LogP contribution is 2.33. The molecule has 0 aromatic heterocycles. The molecule has 1 heterocycles. The van der Waals surface area contributed by atoms with E-state index >= 15 is 0 Å². The van der Waals surface area contributed by atoms with Gasteiger partial charge in [0.15, 0.2) is 0 Å². The summed E-state index contributed by atoms with van der Waals surface area (Å²) in [5.41, 5.74) is 0.450. The van der Waals surface area contributed by atoms with E-state index in [0.717, 1.165) is 26.3 Å². The van der Waals surface area contributed by atoms with Crippen molar-refractivity contribution in [2.24, 2.45) is 5.41 Å². The summed E-state index contributed by atoms with van der Waals surface area (Å²) >= 11 is 1.95. The van der Waals surface area contributed by atoms with Crippen LogP contribution in [0.2, 0.25) is 0 Å². The molecule has 1 rings (SSSR count). The van der Waals surface area contributed by atoms with Crippen molar-refractivity contribution in [3.8, 4) is 0 Å². The van der Waals surface area contributed by atoms with Gasteiger partial charge >= 0.3 is 0 Å². The molecular weight excluding hydrogens is 194 g/mol. The van der Waals surface area contributed by atoms with Crippen LogP contribution in [0.1, 0.15) is 26.2 Å². The number of ether oxygens (including phenoxy) is 1. The van der Waals surface area contributed by atoms with Crippen molar-refractivity contribution in [1.82, 2.24) is 5.32 Å². The van der Waals surface area contributed by atoms with Crippen LogP contribution >= 0.6 is 11.8 Å². The fraction of sp³-hybridized carbons (Fsp3) is 1.00. The summed E-state index contributed by atoms with van der Waals surface area (Å²) < 4.78 is 5.54. The highest BCUT2D eigenvalue weighted by atomic mass is 32.2. The lowest BCUT2D eigenvalue weighted by molar-refractivity contribution is 0.144. The van der Waals surface area contributed by atoms with E-state index in [1.165, 1.54) is 25.0 Å². The van der Waals surface area contributed by atoms with Gasteiger partial charge in [-0.2, -0.15) is 11.8 Å². The Morgan fingerprint density at radius 3 is 2.93 bits per heavy atom. The fourth-order valence-corrected chi connectivity index (χ4v) is 2.49. The molecule has 1 unspecified atom stereocenters. The molecule has 1 atom stereocenters. The predicted octanol–water partition coefficient (Wildman–Crippen LogP) is 2.15. The second-order valence-corrected chi connectivity index (χ2v) is 5.16. The molecule has 1 fully saturated rings. The monoisotopic (exact) mass is 217 g/mol. The Morgan fingerprint density at radius 2 is 2.36 bits per heavy atom. The van der Waals surface area contributed by atoms with Crippen molar-refractivity contribution in [3.05, 3.63) is 0 Å². The lowest BCUT2D eigenvalue weighted by atomic mass is 9.82. The summed E-state index contributed by atoms with van der Waals surface area (Å²) in [5.74, 6) is 1.29. The summed E-state index contributed by atoms with van der Waals surface area (Å²) in [6.45, 7) is 6.31. The third kappa shape index (κ3) is 3.79. The second kappa shape index (κ2) is 6.70. The molecule has 0 radical (unpaired) electrons. The molecule has 1 N–H and O–H groups in total. The van der Waals surface area contributed by atoms with Gasteiger partial charge in [0.25, 0.3) is 0 Å². The quantitative estimate of drug-likeness (QED) is 0.660. The van der Waals surface area contributed by atoms with Gasteiger partial charge in [0.2, 0.25) is 0 Å². The number of rotatable bonds is 7. The van der Waals surface area contributed by atoms with E-state index in [4.69, 9.17) is 4.74 Å². The first-order valence-electron chi connectivity index (χ1n) is 5.60. The van der Waals surface area contributed by atoms with E-state index in [-0.39, 0.29) is 0 Å². The highest BCUT2D eigenvalue weighted by molar-refractivity contribution is 7.98. The maximum absolute atomic E-state index is 5.54. The highest BCUT2D eigenvalue weighted by Gasteiger charge is 2.33. The molecule has 0 saturated carbocycles. The first kappa shape index (κ1) is 12.3. The van der Waals surface area contributed by atoms with E-state index in [9.17, 15) is 0 Å². The molecule has 0 aliphatic carbocycles. The molecule has 0 aromatic rings. The molecular formula is C11H23NOS. The first-order valence-corrected chi connectivity index (χ1v) is 7.00. The van der Waals surface area contributed by atoms with Crippen LogP contribution in [0.25, 0.3) is 0 Å². The molecule has 3 heteroatoms. The van der Waals surface area contributed by atoms with Crippen LogP contribution in [0.3, 0.4) is 0 Å². The fourth-order valence-electron chi connectivity index (χ4n) is 2.06. The zero-order valence-corrected chi connectivity index (χ0v) is 10.3. The molecule has 1 aliphatic rings. The Hall–Kier alpha value is 0.270. The molecule has 0 amide bonds. The van der Waals surface area contributed by atoms with Gasteiger partial charge in [-0.1, -0.05) is 6.92 Å². The Balaban J connectivity index is 2.28. The van der Waals surface area contributed by atoms with Crippen molar-refractivity contribution < 1.29 is 4.74 Å². The zero-order chi connectivity index (χ0) is 10.3. The summed E-state index contributed by atoms with van der Waals surface area (Å²) in [4.78, 5) is 0. The summed E-state index contributed by atoms with van der Waals surface area (Å²) in [6, 6.07) is 0. The normalized spacial score (nSPS) is 27.0. The Bertz CT molecular complexity index is 146. The summed E-state index contributed by atoms with van der Waals surface area (Å²) in [6.07, 6.45) is 6.08. The van der Waals surface area contributed by atoms with Gasteiger partial charge < -0.3 is 10.1 Å². The van der Waals surface area contributed by atoms with E-state index in [1.807, 2.05) is 11.8 Å². The smallest absolute Gasteiger partial charge is 0.0535 e. The SMILES string of the molecule is CCNCC1(CCCSC)CCOC1. The summed E-state index contributed by atoms with van der Waals surface area (Å²) in [7, 11) is 0. The van der Waals surface area contributed by atoms with Gasteiger partial charge in [-0.3, -0.25) is 0 Å². The third-order valence-corrected chi connectivity index (χ3v) is 3.69. The Kier molecular flexibility index (Phi) is 5.90. The largest absolute Gasteiger partial charge is 0.381 e. The molecule has 1 saturated heterocycles. The molecule has 0 spiro atoms. The molecule has 84 valence electrons. The summed E-state index contributed by atoms with van der Waals surface area (Å²) in [5, 5.41) is 3.47. The molecule has 1 aliphatic heterocycles. The van der Waals surface area contributed by atoms with Crippen molar-refractivity contribution in [2.75, 3.05) is 38.3 Å². The number of hydrogen-bond donors (Lipinski definition) is 1. The van der Waals surface area contributed by atoms with Gasteiger partial charge in [-0.05, 0) is 37.8 Å². The van der Waals surface area contributed by atoms with Crippen LogP contribution in [0.4, 0.5) is 0 Å². The Morgan fingerprint density at radius 1 is 1.50 bits per heavy atom. The van der Waals surface area contributed by atoms with E-state index in [0.29, 0.717) is 5.41 Å². The van der Waals surface area contributed by atoms with Crippen LogP contribution in [0, 0.1) is 5.41 Å². The van der Waals surface area contributed by atoms with E-state index in [2.05, 4.69) is 18.5 Å². The predicted molar refractivity (Wildman–Crippen MR) is 64.0 cm³/mol. The number of nitrogens with one attached hydrogen (secondary N) is 1. The van der Waals surface area contributed by atoms with Crippen LogP contribution in [-0.4, -0.2) is 38.3 Å². The number of hydrogen-bond acceptors (Lipinski definition) is 3. The molecule has 0 bridgehead atoms. The molecule has 2 nitrogen and oxygen atoms in total. The molecule has 14 heavy (non-hydrogen) atoms.